The van der Waals surface area contributed by atoms with Crippen molar-refractivity contribution in [2.75, 3.05) is 0 Å². The Bertz CT molecular complexity index is 1300. The van der Waals surface area contributed by atoms with E-state index < -0.39 is 5.41 Å². The maximum atomic E-state index is 10.8. The van der Waals surface area contributed by atoms with Crippen molar-refractivity contribution in [2.45, 2.75) is 58.8 Å². The van der Waals surface area contributed by atoms with Crippen LogP contribution in [-0.2, 0) is 18.3 Å². The number of hydrogen-bond acceptors (Lipinski definition) is 2. The summed E-state index contributed by atoms with van der Waals surface area (Å²) in [6, 6.07) is 29.8. The zero-order valence-corrected chi connectivity index (χ0v) is 22.5. The van der Waals surface area contributed by atoms with Gasteiger partial charge in [-0.05, 0) is 94.2 Å². The van der Waals surface area contributed by atoms with Crippen molar-refractivity contribution >= 4 is 0 Å². The highest BCUT2D eigenvalue weighted by molar-refractivity contribution is 5.86. The van der Waals surface area contributed by atoms with E-state index in [4.69, 9.17) is 0 Å². The lowest BCUT2D eigenvalue weighted by Crippen LogP contribution is -2.29. The van der Waals surface area contributed by atoms with Gasteiger partial charge >= 0.3 is 0 Å². The van der Waals surface area contributed by atoms with Crippen molar-refractivity contribution in [3.05, 3.63) is 118 Å². The maximum absolute atomic E-state index is 10.8. The third-order valence-corrected chi connectivity index (χ3v) is 7.96. The number of phenols is 2. The summed E-state index contributed by atoms with van der Waals surface area (Å²) in [5.41, 5.74) is 8.74. The zero-order valence-electron chi connectivity index (χ0n) is 22.5. The van der Waals surface area contributed by atoms with Crippen molar-refractivity contribution in [3.63, 3.8) is 0 Å². The smallest absolute Gasteiger partial charge is 0.118 e. The number of aryl methyl sites for hydroxylation is 2. The number of rotatable bonds is 8. The van der Waals surface area contributed by atoms with E-state index in [1.54, 1.807) is 0 Å². The van der Waals surface area contributed by atoms with E-state index in [1.807, 2.05) is 12.1 Å². The molecule has 0 unspecified atom stereocenters. The Hall–Kier alpha value is -3.52. The third-order valence-electron chi connectivity index (χ3n) is 7.96. The minimum Gasteiger partial charge on any atom is -0.508 e. The normalized spacial score (nSPS) is 13.7. The molecule has 5 rings (SSSR count). The third kappa shape index (κ3) is 4.44. The van der Waals surface area contributed by atoms with Gasteiger partial charge in [-0.15, -0.1) is 0 Å². The van der Waals surface area contributed by atoms with Gasteiger partial charge < -0.3 is 10.2 Å². The molecule has 4 aromatic carbocycles. The predicted molar refractivity (Wildman–Crippen MR) is 153 cm³/mol. The molecule has 4 aromatic rings. The van der Waals surface area contributed by atoms with Gasteiger partial charge in [-0.25, -0.2) is 0 Å². The average molecular weight is 491 g/mol. The first-order valence-corrected chi connectivity index (χ1v) is 13.7. The van der Waals surface area contributed by atoms with Crippen LogP contribution in [-0.4, -0.2) is 10.2 Å². The molecule has 37 heavy (non-hydrogen) atoms. The number of benzene rings is 4. The zero-order chi connectivity index (χ0) is 26.2. The second kappa shape index (κ2) is 10.1. The maximum Gasteiger partial charge on any atom is 0.118 e. The van der Waals surface area contributed by atoms with Gasteiger partial charge in [-0.3, -0.25) is 0 Å². The van der Waals surface area contributed by atoms with Crippen LogP contribution in [0, 0.1) is 11.8 Å². The van der Waals surface area contributed by atoms with Crippen LogP contribution in [0.5, 0.6) is 11.5 Å². The highest BCUT2D eigenvalue weighted by atomic mass is 16.3. The number of fused-ring (bicyclic) bond motifs is 3. The first-order chi connectivity index (χ1) is 17.8. The first kappa shape index (κ1) is 25.1. The minimum absolute atomic E-state index is 0.363. The summed E-state index contributed by atoms with van der Waals surface area (Å²) in [5.74, 6) is 1.85. The Morgan fingerprint density at radius 3 is 1.38 bits per heavy atom. The molecule has 0 radical (unpaired) electrons. The van der Waals surface area contributed by atoms with Gasteiger partial charge in [0.25, 0.3) is 0 Å². The van der Waals surface area contributed by atoms with Gasteiger partial charge in [-0.1, -0.05) is 100 Å². The fourth-order valence-corrected chi connectivity index (χ4v) is 5.95. The topological polar surface area (TPSA) is 40.5 Å². The van der Waals surface area contributed by atoms with E-state index in [9.17, 15) is 10.2 Å². The molecule has 0 saturated carbocycles. The van der Waals surface area contributed by atoms with Crippen LogP contribution in [0.15, 0.2) is 84.9 Å². The van der Waals surface area contributed by atoms with Crippen molar-refractivity contribution in [3.8, 4) is 22.6 Å². The van der Waals surface area contributed by atoms with Crippen molar-refractivity contribution in [1.82, 2.24) is 0 Å². The summed E-state index contributed by atoms with van der Waals surface area (Å²) >= 11 is 0. The Balaban J connectivity index is 1.80. The van der Waals surface area contributed by atoms with E-state index >= 15 is 0 Å². The Morgan fingerprint density at radius 2 is 0.973 bits per heavy atom. The fourth-order valence-electron chi connectivity index (χ4n) is 5.95. The van der Waals surface area contributed by atoms with Gasteiger partial charge in [-0.2, -0.15) is 0 Å². The number of hydrogen-bond donors (Lipinski definition) is 2. The summed E-state index contributed by atoms with van der Waals surface area (Å²) in [6.45, 7) is 8.89. The van der Waals surface area contributed by atoms with E-state index in [1.165, 1.54) is 22.3 Å². The molecule has 2 nitrogen and oxygen atoms in total. The fraction of sp³-hybridized carbons (Fsp3) is 0.314. The van der Waals surface area contributed by atoms with E-state index in [0.717, 1.165) is 47.9 Å². The van der Waals surface area contributed by atoms with Crippen LogP contribution in [0.1, 0.15) is 73.9 Å². The molecule has 0 aromatic heterocycles. The molecule has 0 atom stereocenters. The van der Waals surface area contributed by atoms with Gasteiger partial charge in [0.1, 0.15) is 11.5 Å². The first-order valence-electron chi connectivity index (χ1n) is 13.7. The summed E-state index contributed by atoms with van der Waals surface area (Å²) in [7, 11) is 0. The van der Waals surface area contributed by atoms with Crippen molar-refractivity contribution in [1.29, 1.82) is 0 Å². The molecular formula is C35H38O2. The number of phenolic OH excluding ortho intramolecular Hbond substituents is 2. The molecule has 0 heterocycles. The lowest BCUT2D eigenvalue weighted by atomic mass is 9.67. The SMILES string of the molecule is CC(C)CCc1cc(C2(c3ccc(O)c(CCC(C)C)c3)c3ccccc3-c3ccccc32)ccc1O. The molecular weight excluding hydrogens is 452 g/mol. The largest absolute Gasteiger partial charge is 0.508 e. The van der Waals surface area contributed by atoms with Crippen LogP contribution >= 0.6 is 0 Å². The summed E-state index contributed by atoms with van der Waals surface area (Å²) in [5, 5.41) is 21.6. The molecule has 0 bridgehead atoms. The predicted octanol–water partition coefficient (Wildman–Crippen LogP) is 8.64. The van der Waals surface area contributed by atoms with Crippen LogP contribution < -0.4 is 0 Å². The van der Waals surface area contributed by atoms with Gasteiger partial charge in [0, 0.05) is 0 Å². The molecule has 0 aliphatic heterocycles. The lowest BCUT2D eigenvalue weighted by Gasteiger charge is -2.34. The Kier molecular flexibility index (Phi) is 6.86. The highest BCUT2D eigenvalue weighted by Gasteiger charge is 2.46. The molecule has 0 amide bonds. The van der Waals surface area contributed by atoms with Gasteiger partial charge in [0.15, 0.2) is 0 Å². The van der Waals surface area contributed by atoms with Crippen LogP contribution in [0.25, 0.3) is 11.1 Å². The van der Waals surface area contributed by atoms with Crippen molar-refractivity contribution < 1.29 is 10.2 Å². The van der Waals surface area contributed by atoms with Crippen molar-refractivity contribution in [2.24, 2.45) is 11.8 Å². The second-order valence-electron chi connectivity index (χ2n) is 11.4. The van der Waals surface area contributed by atoms with Crippen LogP contribution in [0.4, 0.5) is 0 Å². The molecule has 1 aliphatic rings. The molecule has 2 N–H and O–H groups in total. The standard InChI is InChI=1S/C35H38O2/c1-23(2)13-15-25-21-27(17-19-33(25)36)35(28-18-20-34(37)26(22-28)16-14-24(3)4)31-11-7-5-9-29(31)30-10-6-8-12-32(30)35/h5-12,17-24,36-37H,13-16H2,1-4H3. The number of aromatic hydroxyl groups is 2. The van der Waals surface area contributed by atoms with Crippen LogP contribution in [0.3, 0.4) is 0 Å². The summed E-state index contributed by atoms with van der Waals surface area (Å²) in [4.78, 5) is 0. The Morgan fingerprint density at radius 1 is 0.568 bits per heavy atom. The summed E-state index contributed by atoms with van der Waals surface area (Å²) in [6.07, 6.45) is 3.73. The van der Waals surface area contributed by atoms with Gasteiger partial charge in [0.05, 0.1) is 5.41 Å². The average Bonchev–Trinajstić information content (AvgIpc) is 3.19. The highest BCUT2D eigenvalue weighted by Crippen LogP contribution is 2.56. The molecule has 1 aliphatic carbocycles. The molecule has 2 heteroatoms. The molecule has 0 saturated heterocycles. The summed E-state index contributed by atoms with van der Waals surface area (Å²) < 4.78 is 0. The lowest BCUT2D eigenvalue weighted by molar-refractivity contribution is 0.462. The van der Waals surface area contributed by atoms with Crippen LogP contribution in [0.2, 0.25) is 0 Å². The minimum atomic E-state index is -0.534. The second-order valence-corrected chi connectivity index (χ2v) is 11.4. The Labute approximate surface area is 221 Å². The molecule has 0 spiro atoms. The quantitative estimate of drug-likeness (QED) is 0.228. The van der Waals surface area contributed by atoms with E-state index in [-0.39, 0.29) is 0 Å². The van der Waals surface area contributed by atoms with E-state index in [2.05, 4.69) is 100 Å². The van der Waals surface area contributed by atoms with E-state index in [0.29, 0.717) is 23.3 Å². The monoisotopic (exact) mass is 490 g/mol. The molecule has 0 fully saturated rings. The van der Waals surface area contributed by atoms with Gasteiger partial charge in [0.2, 0.25) is 0 Å². The molecule has 190 valence electrons.